The molecule has 3 heterocycles. The number of aromatic nitrogens is 3. The summed E-state index contributed by atoms with van der Waals surface area (Å²) in [6.45, 7) is 0.115. The molecule has 0 radical (unpaired) electrons. The normalized spacial score (nSPS) is 13.9. The van der Waals surface area contributed by atoms with Crippen molar-refractivity contribution in [2.45, 2.75) is 19.3 Å². The Labute approximate surface area is 276 Å². The van der Waals surface area contributed by atoms with Gasteiger partial charge in [0.1, 0.15) is 17.2 Å². The zero-order chi connectivity index (χ0) is 34.7. The van der Waals surface area contributed by atoms with Crippen LogP contribution in [0.4, 0.5) is 27.6 Å². The Morgan fingerprint density at radius 2 is 1.53 bits per heavy atom. The van der Waals surface area contributed by atoms with Gasteiger partial charge >= 0.3 is 18.8 Å². The van der Waals surface area contributed by atoms with Crippen LogP contribution in [0.25, 0.3) is 10.9 Å². The summed E-state index contributed by atoms with van der Waals surface area (Å²) in [5, 5.41) is 3.36. The second kappa shape index (κ2) is 13.9. The van der Waals surface area contributed by atoms with Crippen LogP contribution in [0.2, 0.25) is 0 Å². The number of hydrogen-bond donors (Lipinski definition) is 1. The number of halogens is 5. The Kier molecular flexibility index (Phi) is 9.44. The van der Waals surface area contributed by atoms with E-state index in [1.807, 2.05) is 12.1 Å². The van der Waals surface area contributed by atoms with Crippen molar-refractivity contribution < 1.29 is 41.0 Å². The number of nitrogens with one attached hydrogen (secondary N) is 1. The van der Waals surface area contributed by atoms with Crippen molar-refractivity contribution in [3.05, 3.63) is 108 Å². The molecule has 10 nitrogen and oxygen atoms in total. The number of fused-ring (bicyclic) bond motifs is 1. The second-order valence-corrected chi connectivity index (χ2v) is 11.3. The van der Waals surface area contributed by atoms with E-state index in [4.69, 9.17) is 4.74 Å². The molecule has 49 heavy (non-hydrogen) atoms. The number of alkyl halides is 5. The van der Waals surface area contributed by atoms with Gasteiger partial charge < -0.3 is 24.3 Å². The number of ether oxygens (including phenoxy) is 2. The molecule has 1 aliphatic heterocycles. The van der Waals surface area contributed by atoms with Crippen LogP contribution >= 0.6 is 0 Å². The largest absolute Gasteiger partial charge is 0.435 e. The van der Waals surface area contributed by atoms with Gasteiger partial charge in [0.25, 0.3) is 11.8 Å². The molecule has 0 bridgehead atoms. The number of rotatable bonds is 9. The van der Waals surface area contributed by atoms with Crippen molar-refractivity contribution in [3.63, 3.8) is 0 Å². The Bertz CT molecular complexity index is 1940. The number of piperazine rings is 1. The summed E-state index contributed by atoms with van der Waals surface area (Å²) in [5.41, 5.74) is 1.62. The molecule has 3 aromatic carbocycles. The molecule has 0 aliphatic carbocycles. The second-order valence-electron chi connectivity index (χ2n) is 11.3. The first-order valence-electron chi connectivity index (χ1n) is 15.1. The third-order valence-corrected chi connectivity index (χ3v) is 8.02. The van der Waals surface area contributed by atoms with Crippen LogP contribution in [0, 0.1) is 0 Å². The lowest BCUT2D eigenvalue weighted by atomic mass is 10.1. The summed E-state index contributed by atoms with van der Waals surface area (Å²) in [6.07, 6.45) is -1.88. The molecule has 0 unspecified atom stereocenters. The standard InChI is InChI=1S/C34H29F5N6O4/c1-43-28-17-27(49-33-40-18-25(19-41-33)42-30(46)22-4-7-24(8-5-22)34(37,38)39)11-6-23(28)16-29(43)31(47)45-14-12-44(13-15-45)20-21-2-9-26(10-3-21)48-32(35)36/h2-11,16-19,32H,12-15,20H2,1H3,(H,42,46). The quantitative estimate of drug-likeness (QED) is 0.175. The lowest BCUT2D eigenvalue weighted by molar-refractivity contribution is -0.137. The lowest BCUT2D eigenvalue weighted by Gasteiger charge is -2.34. The van der Waals surface area contributed by atoms with E-state index in [-0.39, 0.29) is 28.9 Å². The van der Waals surface area contributed by atoms with Gasteiger partial charge in [0.2, 0.25) is 0 Å². The van der Waals surface area contributed by atoms with Crippen molar-refractivity contribution in [3.8, 4) is 17.5 Å². The topological polar surface area (TPSA) is 102 Å². The van der Waals surface area contributed by atoms with Crippen LogP contribution in [0.3, 0.4) is 0 Å². The molecule has 1 aliphatic rings. The van der Waals surface area contributed by atoms with Gasteiger partial charge in [-0.3, -0.25) is 14.5 Å². The van der Waals surface area contributed by atoms with Crippen molar-refractivity contribution in [2.24, 2.45) is 7.05 Å². The SMILES string of the molecule is Cn1c(C(=O)N2CCN(Cc3ccc(OC(F)F)cc3)CC2)cc2ccc(Oc3ncc(NC(=O)c4ccc(C(F)(F)F)cc4)cn3)cc21. The highest BCUT2D eigenvalue weighted by molar-refractivity contribution is 6.04. The Morgan fingerprint density at radius 1 is 0.878 bits per heavy atom. The fourth-order valence-electron chi connectivity index (χ4n) is 5.44. The summed E-state index contributed by atoms with van der Waals surface area (Å²) >= 11 is 0. The van der Waals surface area contributed by atoms with Crippen molar-refractivity contribution in [2.75, 3.05) is 31.5 Å². The molecule has 254 valence electrons. The van der Waals surface area contributed by atoms with Gasteiger partial charge in [0.15, 0.2) is 0 Å². The number of benzene rings is 3. The van der Waals surface area contributed by atoms with E-state index in [2.05, 4.69) is 24.9 Å². The number of aryl methyl sites for hydroxylation is 1. The summed E-state index contributed by atoms with van der Waals surface area (Å²) < 4.78 is 75.2. The van der Waals surface area contributed by atoms with Gasteiger partial charge in [-0.2, -0.15) is 22.0 Å². The molecule has 1 N–H and O–H groups in total. The van der Waals surface area contributed by atoms with Crippen LogP contribution in [0.1, 0.15) is 32.0 Å². The minimum Gasteiger partial charge on any atom is -0.435 e. The Morgan fingerprint density at radius 3 is 2.16 bits per heavy atom. The minimum absolute atomic E-state index is 0.00677. The minimum atomic E-state index is -4.50. The number of carbonyl (C=O) groups is 2. The average Bonchev–Trinajstić information content (AvgIpc) is 3.41. The molecule has 0 atom stereocenters. The first kappa shape index (κ1) is 33.3. The molecule has 1 saturated heterocycles. The Balaban J connectivity index is 1.04. The third kappa shape index (κ3) is 7.95. The summed E-state index contributed by atoms with van der Waals surface area (Å²) in [6, 6.07) is 17.4. The number of nitrogens with zero attached hydrogens (tertiary/aromatic N) is 5. The molecule has 5 aromatic rings. The van der Waals surface area contributed by atoms with E-state index in [0.717, 1.165) is 40.7 Å². The van der Waals surface area contributed by atoms with E-state index in [1.165, 1.54) is 24.5 Å². The smallest absolute Gasteiger partial charge is 0.416 e. The molecule has 2 aromatic heterocycles. The number of carbonyl (C=O) groups excluding carboxylic acids is 2. The number of anilines is 1. The number of amides is 2. The van der Waals surface area contributed by atoms with Gasteiger partial charge in [-0.15, -0.1) is 0 Å². The van der Waals surface area contributed by atoms with E-state index in [1.54, 1.807) is 40.8 Å². The van der Waals surface area contributed by atoms with Crippen molar-refractivity contribution in [1.82, 2.24) is 24.3 Å². The molecular formula is C34H29F5N6O4. The molecule has 0 spiro atoms. The fourth-order valence-corrected chi connectivity index (χ4v) is 5.44. The molecule has 0 saturated carbocycles. The monoisotopic (exact) mass is 680 g/mol. The highest BCUT2D eigenvalue weighted by Crippen LogP contribution is 2.30. The highest BCUT2D eigenvalue weighted by atomic mass is 19.4. The van der Waals surface area contributed by atoms with Crippen LogP contribution in [-0.2, 0) is 19.8 Å². The van der Waals surface area contributed by atoms with E-state index in [9.17, 15) is 31.5 Å². The fraction of sp³-hybridized carbons (Fsp3) is 0.235. The van der Waals surface area contributed by atoms with Crippen molar-refractivity contribution >= 4 is 28.4 Å². The zero-order valence-corrected chi connectivity index (χ0v) is 26.0. The maximum Gasteiger partial charge on any atom is 0.416 e. The van der Waals surface area contributed by atoms with Crippen LogP contribution < -0.4 is 14.8 Å². The molecule has 1 fully saturated rings. The summed E-state index contributed by atoms with van der Waals surface area (Å²) in [7, 11) is 1.79. The zero-order valence-electron chi connectivity index (χ0n) is 26.0. The van der Waals surface area contributed by atoms with Crippen molar-refractivity contribution in [1.29, 1.82) is 0 Å². The molecule has 6 rings (SSSR count). The first-order chi connectivity index (χ1) is 23.4. The maximum absolute atomic E-state index is 13.5. The molecule has 2 amide bonds. The Hall–Kier alpha value is -5.57. The summed E-state index contributed by atoms with van der Waals surface area (Å²) in [4.78, 5) is 38.1. The van der Waals surface area contributed by atoms with E-state index >= 15 is 0 Å². The van der Waals surface area contributed by atoms with Crippen LogP contribution in [-0.4, -0.2) is 68.9 Å². The molecular weight excluding hydrogens is 651 g/mol. The van der Waals surface area contributed by atoms with E-state index in [0.29, 0.717) is 44.2 Å². The van der Waals surface area contributed by atoms with Gasteiger partial charge in [0.05, 0.1) is 29.2 Å². The third-order valence-electron chi connectivity index (χ3n) is 8.02. The van der Waals surface area contributed by atoms with E-state index < -0.39 is 24.3 Å². The van der Waals surface area contributed by atoms with Gasteiger partial charge in [-0.1, -0.05) is 12.1 Å². The predicted molar refractivity (Wildman–Crippen MR) is 169 cm³/mol. The molecule has 15 heteroatoms. The van der Waals surface area contributed by atoms with Crippen LogP contribution in [0.15, 0.2) is 85.2 Å². The maximum atomic E-state index is 13.5. The van der Waals surface area contributed by atoms with Gasteiger partial charge in [-0.25, -0.2) is 9.97 Å². The summed E-state index contributed by atoms with van der Waals surface area (Å²) in [5.74, 6) is -0.209. The first-order valence-corrected chi connectivity index (χ1v) is 15.1. The average molecular weight is 681 g/mol. The van der Waals surface area contributed by atoms with Crippen LogP contribution in [0.5, 0.6) is 17.5 Å². The lowest BCUT2D eigenvalue weighted by Crippen LogP contribution is -2.48. The highest BCUT2D eigenvalue weighted by Gasteiger charge is 2.30. The van der Waals surface area contributed by atoms with Gasteiger partial charge in [-0.05, 0) is 60.2 Å². The van der Waals surface area contributed by atoms with Gasteiger partial charge in [0, 0.05) is 56.8 Å². The predicted octanol–water partition coefficient (Wildman–Crippen LogP) is 6.59. The number of hydrogen-bond acceptors (Lipinski definition) is 7.